The molecule has 1 aromatic heterocycles. The van der Waals surface area contributed by atoms with Gasteiger partial charge in [-0.1, -0.05) is 49.2 Å². The monoisotopic (exact) mass is 440 g/mol. The zero-order valence-corrected chi connectivity index (χ0v) is 18.7. The molecule has 164 valence electrons. The first-order chi connectivity index (χ1) is 14.8. The molecule has 0 radical (unpaired) electrons. The van der Waals surface area contributed by atoms with E-state index in [2.05, 4.69) is 9.97 Å². The van der Waals surface area contributed by atoms with Gasteiger partial charge >= 0.3 is 0 Å². The van der Waals surface area contributed by atoms with Crippen molar-refractivity contribution in [2.24, 2.45) is 0 Å². The van der Waals surface area contributed by atoms with E-state index >= 15 is 0 Å². The van der Waals surface area contributed by atoms with Gasteiger partial charge in [-0.25, -0.2) is 13.4 Å². The van der Waals surface area contributed by atoms with Gasteiger partial charge in [0.1, 0.15) is 0 Å². The molecule has 0 aliphatic rings. The van der Waals surface area contributed by atoms with E-state index in [0.717, 1.165) is 12.0 Å². The van der Waals surface area contributed by atoms with Gasteiger partial charge in [-0.05, 0) is 50.5 Å². The van der Waals surface area contributed by atoms with Gasteiger partial charge < -0.3 is 5.73 Å². The molecule has 7 nitrogen and oxygen atoms in total. The number of anilines is 2. The summed E-state index contributed by atoms with van der Waals surface area (Å²) < 4.78 is 28.2. The molecule has 0 unspecified atom stereocenters. The standard InChI is InChI=1S/C23H28N4O3S/c1-3-8-21-20(22(28)26-23(24)25-21)11-7-16-27(18-9-5-4-6-10-18)31(29,30)19-14-12-17(2)13-15-19/h4-6,9-10,12-15H,3,7-8,11,16H2,1-2H3,(H3,24,25,26,28). The molecular weight excluding hydrogens is 412 g/mol. The second-order valence-electron chi connectivity index (χ2n) is 7.46. The van der Waals surface area contributed by atoms with Crippen LogP contribution in [0.1, 0.15) is 36.6 Å². The molecule has 0 fully saturated rings. The topological polar surface area (TPSA) is 109 Å². The van der Waals surface area contributed by atoms with Crippen LogP contribution in [0.5, 0.6) is 0 Å². The molecule has 0 bridgehead atoms. The number of rotatable bonds is 9. The fourth-order valence-electron chi connectivity index (χ4n) is 3.48. The lowest BCUT2D eigenvalue weighted by atomic mass is 10.1. The van der Waals surface area contributed by atoms with E-state index in [1.165, 1.54) is 4.31 Å². The summed E-state index contributed by atoms with van der Waals surface area (Å²) in [7, 11) is -3.75. The minimum Gasteiger partial charge on any atom is -0.369 e. The number of sulfonamides is 1. The first kappa shape index (κ1) is 22.6. The van der Waals surface area contributed by atoms with E-state index in [-0.39, 0.29) is 22.9 Å². The van der Waals surface area contributed by atoms with Crippen molar-refractivity contribution in [3.63, 3.8) is 0 Å². The number of aromatic nitrogens is 2. The molecule has 0 saturated heterocycles. The molecule has 0 atom stereocenters. The van der Waals surface area contributed by atoms with Crippen LogP contribution >= 0.6 is 0 Å². The Bertz CT molecular complexity index is 1170. The van der Waals surface area contributed by atoms with Crippen LogP contribution in [-0.2, 0) is 22.9 Å². The van der Waals surface area contributed by atoms with E-state index < -0.39 is 10.0 Å². The number of hydrogen-bond acceptors (Lipinski definition) is 5. The lowest BCUT2D eigenvalue weighted by molar-refractivity contribution is 0.589. The van der Waals surface area contributed by atoms with E-state index in [0.29, 0.717) is 36.2 Å². The molecular formula is C23H28N4O3S. The number of nitrogens with two attached hydrogens (primary N) is 1. The highest BCUT2D eigenvalue weighted by Gasteiger charge is 2.25. The molecule has 3 N–H and O–H groups in total. The number of nitrogens with zero attached hydrogens (tertiary/aromatic N) is 2. The number of benzene rings is 2. The number of aryl methyl sites for hydroxylation is 2. The highest BCUT2D eigenvalue weighted by atomic mass is 32.2. The van der Waals surface area contributed by atoms with Crippen molar-refractivity contribution < 1.29 is 8.42 Å². The van der Waals surface area contributed by atoms with Gasteiger partial charge in [0.25, 0.3) is 15.6 Å². The number of hydrogen-bond donors (Lipinski definition) is 2. The first-order valence-electron chi connectivity index (χ1n) is 10.3. The predicted octanol–water partition coefficient (Wildman–Crippen LogP) is 3.44. The summed E-state index contributed by atoms with van der Waals surface area (Å²) in [6.07, 6.45) is 2.35. The molecule has 0 spiro atoms. The van der Waals surface area contributed by atoms with Crippen molar-refractivity contribution in [3.05, 3.63) is 81.8 Å². The number of aromatic amines is 1. The molecule has 0 aliphatic heterocycles. The quantitative estimate of drug-likeness (QED) is 0.530. The van der Waals surface area contributed by atoms with Crippen LogP contribution < -0.4 is 15.6 Å². The Morgan fingerprint density at radius 3 is 2.35 bits per heavy atom. The Morgan fingerprint density at radius 2 is 1.71 bits per heavy atom. The average Bonchev–Trinajstić information content (AvgIpc) is 2.73. The van der Waals surface area contributed by atoms with Crippen molar-refractivity contribution in [3.8, 4) is 0 Å². The zero-order chi connectivity index (χ0) is 22.4. The molecule has 3 rings (SSSR count). The van der Waals surface area contributed by atoms with E-state index in [1.807, 2.05) is 19.9 Å². The van der Waals surface area contributed by atoms with Gasteiger partial charge in [0.05, 0.1) is 16.3 Å². The van der Waals surface area contributed by atoms with Crippen molar-refractivity contribution in [2.75, 3.05) is 16.6 Å². The van der Waals surface area contributed by atoms with Crippen LogP contribution in [0.25, 0.3) is 0 Å². The number of nitrogen functional groups attached to an aromatic ring is 1. The minimum absolute atomic E-state index is 0.102. The van der Waals surface area contributed by atoms with Gasteiger partial charge in [-0.2, -0.15) is 0 Å². The van der Waals surface area contributed by atoms with Gasteiger partial charge in [0.2, 0.25) is 5.95 Å². The van der Waals surface area contributed by atoms with Crippen molar-refractivity contribution in [1.82, 2.24) is 9.97 Å². The smallest absolute Gasteiger partial charge is 0.264 e. The normalized spacial score (nSPS) is 11.4. The zero-order valence-electron chi connectivity index (χ0n) is 17.8. The maximum absolute atomic E-state index is 13.4. The third-order valence-corrected chi connectivity index (χ3v) is 6.89. The van der Waals surface area contributed by atoms with E-state index in [4.69, 9.17) is 5.73 Å². The molecule has 0 aliphatic carbocycles. The molecule has 2 aromatic carbocycles. The summed E-state index contributed by atoms with van der Waals surface area (Å²) in [4.78, 5) is 19.5. The average molecular weight is 441 g/mol. The van der Waals surface area contributed by atoms with E-state index in [1.54, 1.807) is 48.5 Å². The van der Waals surface area contributed by atoms with Crippen molar-refractivity contribution in [2.45, 2.75) is 44.4 Å². The third kappa shape index (κ3) is 5.32. The maximum atomic E-state index is 13.4. The van der Waals surface area contributed by atoms with Gasteiger partial charge in [-0.15, -0.1) is 0 Å². The summed E-state index contributed by atoms with van der Waals surface area (Å²) in [6.45, 7) is 4.15. The summed E-state index contributed by atoms with van der Waals surface area (Å²) in [6, 6.07) is 15.8. The fourth-order valence-corrected chi connectivity index (χ4v) is 4.99. The molecule has 8 heteroatoms. The molecule has 31 heavy (non-hydrogen) atoms. The SMILES string of the molecule is CCCc1nc(N)[nH]c(=O)c1CCCN(c1ccccc1)S(=O)(=O)c1ccc(C)cc1. The largest absolute Gasteiger partial charge is 0.369 e. The van der Waals surface area contributed by atoms with Crippen LogP contribution in [-0.4, -0.2) is 24.9 Å². The van der Waals surface area contributed by atoms with Crippen LogP contribution in [0.4, 0.5) is 11.6 Å². The third-order valence-electron chi connectivity index (χ3n) is 5.05. The van der Waals surface area contributed by atoms with Crippen LogP contribution in [0, 0.1) is 6.92 Å². The molecule has 0 saturated carbocycles. The van der Waals surface area contributed by atoms with Crippen LogP contribution in [0.15, 0.2) is 64.3 Å². The molecule has 3 aromatic rings. The Balaban J connectivity index is 1.88. The second kappa shape index (κ2) is 9.78. The minimum atomic E-state index is -3.75. The van der Waals surface area contributed by atoms with Crippen LogP contribution in [0.2, 0.25) is 0 Å². The maximum Gasteiger partial charge on any atom is 0.264 e. The lowest BCUT2D eigenvalue weighted by Crippen LogP contribution is -2.32. The predicted molar refractivity (Wildman–Crippen MR) is 124 cm³/mol. The Kier molecular flexibility index (Phi) is 7.12. The Labute approximate surface area is 183 Å². The van der Waals surface area contributed by atoms with Crippen LogP contribution in [0.3, 0.4) is 0 Å². The highest BCUT2D eigenvalue weighted by Crippen LogP contribution is 2.24. The summed E-state index contributed by atoms with van der Waals surface area (Å²) in [5.74, 6) is 0.102. The highest BCUT2D eigenvalue weighted by molar-refractivity contribution is 7.92. The lowest BCUT2D eigenvalue weighted by Gasteiger charge is -2.25. The Hall–Kier alpha value is -3.13. The summed E-state index contributed by atoms with van der Waals surface area (Å²) >= 11 is 0. The second-order valence-corrected chi connectivity index (χ2v) is 9.32. The number of H-pyrrole nitrogens is 1. The Morgan fingerprint density at radius 1 is 1.03 bits per heavy atom. The van der Waals surface area contributed by atoms with Gasteiger partial charge in [0.15, 0.2) is 0 Å². The molecule has 0 amide bonds. The van der Waals surface area contributed by atoms with Crippen molar-refractivity contribution >= 4 is 21.7 Å². The van der Waals surface area contributed by atoms with Crippen molar-refractivity contribution in [1.29, 1.82) is 0 Å². The first-order valence-corrected chi connectivity index (χ1v) is 11.8. The van der Waals surface area contributed by atoms with Gasteiger partial charge in [0, 0.05) is 12.1 Å². The van der Waals surface area contributed by atoms with E-state index in [9.17, 15) is 13.2 Å². The number of nitrogens with one attached hydrogen (secondary N) is 1. The summed E-state index contributed by atoms with van der Waals surface area (Å²) in [5.41, 5.74) is 8.25. The molecule has 1 heterocycles. The summed E-state index contributed by atoms with van der Waals surface area (Å²) in [5, 5.41) is 0. The number of para-hydroxylation sites is 1. The van der Waals surface area contributed by atoms with Gasteiger partial charge in [-0.3, -0.25) is 14.1 Å². The fraction of sp³-hybridized carbons (Fsp3) is 0.304.